The van der Waals surface area contributed by atoms with Crippen LogP contribution >= 0.6 is 0 Å². The number of carbonyl (C=O) groups is 1. The van der Waals surface area contributed by atoms with Gasteiger partial charge in [-0.25, -0.2) is 0 Å². The van der Waals surface area contributed by atoms with Gasteiger partial charge in [-0.15, -0.1) is 0 Å². The largest absolute Gasteiger partial charge is 0.481 e. The molecule has 6 unspecified atom stereocenters. The van der Waals surface area contributed by atoms with Crippen molar-refractivity contribution in [1.82, 2.24) is 0 Å². The van der Waals surface area contributed by atoms with Gasteiger partial charge in [0.05, 0.1) is 6.10 Å². The fourth-order valence-corrected chi connectivity index (χ4v) is 5.86. The summed E-state index contributed by atoms with van der Waals surface area (Å²) in [7, 11) is 0. The monoisotopic (exact) mass is 330 g/mol. The Kier molecular flexibility index (Phi) is 4.74. The summed E-state index contributed by atoms with van der Waals surface area (Å²) >= 11 is 0. The normalized spacial score (nSPS) is 39.8. The van der Waals surface area contributed by atoms with E-state index in [0.29, 0.717) is 5.92 Å². The van der Waals surface area contributed by atoms with Crippen LogP contribution in [0.2, 0.25) is 0 Å². The SMILES string of the molecule is CC(=O)O.CC1CC2C3CCc4ccccc4C3CCC2(C)C1O. The van der Waals surface area contributed by atoms with E-state index in [9.17, 15) is 5.11 Å². The highest BCUT2D eigenvalue weighted by atomic mass is 16.4. The van der Waals surface area contributed by atoms with E-state index in [2.05, 4.69) is 38.1 Å². The fraction of sp³-hybridized carbons (Fsp3) is 0.667. The highest BCUT2D eigenvalue weighted by Crippen LogP contribution is 2.62. The molecule has 0 saturated heterocycles. The van der Waals surface area contributed by atoms with Crippen molar-refractivity contribution in [3.05, 3.63) is 35.4 Å². The predicted molar refractivity (Wildman–Crippen MR) is 94.9 cm³/mol. The van der Waals surface area contributed by atoms with Crippen LogP contribution in [0.25, 0.3) is 0 Å². The molecule has 0 radical (unpaired) electrons. The summed E-state index contributed by atoms with van der Waals surface area (Å²) in [6, 6.07) is 9.09. The van der Waals surface area contributed by atoms with E-state index in [4.69, 9.17) is 9.90 Å². The van der Waals surface area contributed by atoms with Crippen LogP contribution in [0.3, 0.4) is 0 Å². The van der Waals surface area contributed by atoms with Gasteiger partial charge in [-0.05, 0) is 72.3 Å². The topological polar surface area (TPSA) is 57.5 Å². The molecule has 0 spiro atoms. The molecule has 1 aromatic carbocycles. The van der Waals surface area contributed by atoms with Gasteiger partial charge in [0, 0.05) is 6.92 Å². The molecule has 0 aromatic heterocycles. The standard InChI is InChI=1S/C19H26O.C2H4O2/c1-12-11-17-16-8-7-13-5-3-4-6-14(13)15(16)9-10-19(17,2)18(12)20;1-2(3)4/h3-6,12,15-18,20H,7-11H2,1-2H3;1H3,(H,3,4). The van der Waals surface area contributed by atoms with E-state index >= 15 is 0 Å². The lowest BCUT2D eigenvalue weighted by Crippen LogP contribution is -2.44. The number of fused-ring (bicyclic) bond motifs is 5. The Morgan fingerprint density at radius 2 is 1.92 bits per heavy atom. The summed E-state index contributed by atoms with van der Waals surface area (Å²) in [6.07, 6.45) is 6.22. The molecule has 3 nitrogen and oxygen atoms in total. The van der Waals surface area contributed by atoms with Crippen molar-refractivity contribution in [2.45, 2.75) is 64.9 Å². The van der Waals surface area contributed by atoms with Crippen LogP contribution in [-0.4, -0.2) is 22.3 Å². The van der Waals surface area contributed by atoms with Crippen molar-refractivity contribution < 1.29 is 15.0 Å². The average molecular weight is 330 g/mol. The molecule has 3 aliphatic rings. The van der Waals surface area contributed by atoms with Crippen LogP contribution in [-0.2, 0) is 11.2 Å². The predicted octanol–water partition coefficient (Wildman–Crippen LogP) is 4.24. The molecule has 132 valence electrons. The average Bonchev–Trinajstić information content (AvgIpc) is 2.78. The molecular weight excluding hydrogens is 300 g/mol. The minimum atomic E-state index is -0.833. The first-order valence-corrected chi connectivity index (χ1v) is 9.30. The molecule has 4 rings (SSSR count). The molecular formula is C21H30O3. The Morgan fingerprint density at radius 1 is 1.25 bits per heavy atom. The number of carboxylic acids is 1. The van der Waals surface area contributed by atoms with Gasteiger partial charge in [-0.1, -0.05) is 38.1 Å². The Balaban J connectivity index is 0.000000383. The molecule has 24 heavy (non-hydrogen) atoms. The zero-order valence-corrected chi connectivity index (χ0v) is 15.0. The third-order valence-electron chi connectivity index (χ3n) is 6.92. The van der Waals surface area contributed by atoms with E-state index in [1.165, 1.54) is 32.1 Å². The van der Waals surface area contributed by atoms with Crippen LogP contribution in [0.15, 0.2) is 24.3 Å². The molecule has 2 N–H and O–H groups in total. The molecule has 0 bridgehead atoms. The van der Waals surface area contributed by atoms with Crippen molar-refractivity contribution in [2.75, 3.05) is 0 Å². The number of carboxylic acid groups (broad SMARTS) is 1. The van der Waals surface area contributed by atoms with Crippen molar-refractivity contribution in [2.24, 2.45) is 23.2 Å². The molecule has 3 aliphatic carbocycles. The first-order valence-electron chi connectivity index (χ1n) is 9.30. The van der Waals surface area contributed by atoms with Crippen molar-refractivity contribution in [3.8, 4) is 0 Å². The van der Waals surface area contributed by atoms with E-state index < -0.39 is 5.97 Å². The quantitative estimate of drug-likeness (QED) is 0.748. The number of hydrogen-bond donors (Lipinski definition) is 2. The number of aliphatic hydroxyl groups is 1. The lowest BCUT2D eigenvalue weighted by molar-refractivity contribution is -0.134. The second-order valence-corrected chi connectivity index (χ2v) is 8.34. The van der Waals surface area contributed by atoms with Crippen molar-refractivity contribution >= 4 is 5.97 Å². The van der Waals surface area contributed by atoms with Crippen LogP contribution in [0.1, 0.15) is 63.5 Å². The third kappa shape index (κ3) is 2.88. The second-order valence-electron chi connectivity index (χ2n) is 8.34. The third-order valence-corrected chi connectivity index (χ3v) is 6.92. The van der Waals surface area contributed by atoms with Gasteiger partial charge in [-0.3, -0.25) is 4.79 Å². The number of benzene rings is 1. The number of aliphatic carboxylic acids is 1. The zero-order chi connectivity index (χ0) is 17.5. The van der Waals surface area contributed by atoms with E-state index in [1.54, 1.807) is 11.1 Å². The summed E-state index contributed by atoms with van der Waals surface area (Å²) in [5.74, 6) is 1.96. The summed E-state index contributed by atoms with van der Waals surface area (Å²) in [5.41, 5.74) is 3.40. The Hall–Kier alpha value is -1.35. The highest BCUT2D eigenvalue weighted by Gasteiger charge is 2.56. The Bertz CT molecular complexity index is 607. The molecule has 3 heteroatoms. The zero-order valence-electron chi connectivity index (χ0n) is 15.0. The van der Waals surface area contributed by atoms with Gasteiger partial charge >= 0.3 is 0 Å². The van der Waals surface area contributed by atoms with Crippen molar-refractivity contribution in [1.29, 1.82) is 0 Å². The molecule has 2 fully saturated rings. The molecule has 0 aliphatic heterocycles. The molecule has 0 amide bonds. The number of rotatable bonds is 0. The van der Waals surface area contributed by atoms with Crippen LogP contribution in [0.5, 0.6) is 0 Å². The fourth-order valence-electron chi connectivity index (χ4n) is 5.86. The molecule has 6 atom stereocenters. The lowest BCUT2D eigenvalue weighted by Gasteiger charge is -2.50. The van der Waals surface area contributed by atoms with Gasteiger partial charge in [-0.2, -0.15) is 0 Å². The molecule has 2 saturated carbocycles. The van der Waals surface area contributed by atoms with Gasteiger partial charge in [0.1, 0.15) is 0 Å². The minimum absolute atomic E-state index is 0.0781. The van der Waals surface area contributed by atoms with Gasteiger partial charge in [0.15, 0.2) is 0 Å². The maximum absolute atomic E-state index is 10.6. The van der Waals surface area contributed by atoms with E-state index in [0.717, 1.165) is 24.7 Å². The van der Waals surface area contributed by atoms with Crippen LogP contribution in [0, 0.1) is 23.2 Å². The first-order chi connectivity index (χ1) is 11.3. The summed E-state index contributed by atoms with van der Waals surface area (Å²) < 4.78 is 0. The first kappa shape index (κ1) is 17.5. The van der Waals surface area contributed by atoms with Gasteiger partial charge in [0.25, 0.3) is 5.97 Å². The lowest BCUT2D eigenvalue weighted by atomic mass is 9.55. The summed E-state index contributed by atoms with van der Waals surface area (Å²) in [4.78, 5) is 9.00. The smallest absolute Gasteiger partial charge is 0.300 e. The Morgan fingerprint density at radius 3 is 2.62 bits per heavy atom. The van der Waals surface area contributed by atoms with Crippen LogP contribution < -0.4 is 0 Å². The van der Waals surface area contributed by atoms with Crippen LogP contribution in [0.4, 0.5) is 0 Å². The maximum atomic E-state index is 10.6. The molecule has 0 heterocycles. The van der Waals surface area contributed by atoms with Gasteiger partial charge in [0.2, 0.25) is 0 Å². The van der Waals surface area contributed by atoms with Gasteiger partial charge < -0.3 is 10.2 Å². The maximum Gasteiger partial charge on any atom is 0.300 e. The summed E-state index contributed by atoms with van der Waals surface area (Å²) in [5, 5.41) is 18.1. The summed E-state index contributed by atoms with van der Waals surface area (Å²) in [6.45, 7) is 5.70. The number of aliphatic hydroxyl groups excluding tert-OH is 1. The Labute approximate surface area is 145 Å². The second kappa shape index (κ2) is 6.51. The van der Waals surface area contributed by atoms with E-state index in [-0.39, 0.29) is 11.5 Å². The molecule has 1 aromatic rings. The minimum Gasteiger partial charge on any atom is -0.481 e. The number of aryl methyl sites for hydroxylation is 1. The van der Waals surface area contributed by atoms with Crippen molar-refractivity contribution in [3.63, 3.8) is 0 Å². The van der Waals surface area contributed by atoms with E-state index in [1.807, 2.05) is 0 Å². The highest BCUT2D eigenvalue weighted by molar-refractivity contribution is 5.62. The number of hydrogen-bond acceptors (Lipinski definition) is 2.